The number of guanidine groups is 1. The molecule has 0 aliphatic carbocycles. The molecule has 3 rings (SSSR count). The molecule has 2 aromatic rings. The molecule has 1 atom stereocenters. The van der Waals surface area contributed by atoms with Gasteiger partial charge in [0.05, 0.1) is 6.26 Å². The molecule has 2 N–H and O–H groups in total. The first-order valence-corrected chi connectivity index (χ1v) is 10.6. The van der Waals surface area contributed by atoms with Gasteiger partial charge in [0.1, 0.15) is 12.3 Å². The first-order chi connectivity index (χ1) is 14.5. The number of nitrogens with one attached hydrogen (secondary N) is 2. The number of aliphatic imine (C=N–C) groups is 1. The Balaban J connectivity index is 1.60. The van der Waals surface area contributed by atoms with Crippen LogP contribution in [0.3, 0.4) is 0 Å². The van der Waals surface area contributed by atoms with Crippen LogP contribution in [-0.2, 0) is 11.2 Å². The molecule has 0 bridgehead atoms. The molecule has 0 spiro atoms. The van der Waals surface area contributed by atoms with E-state index >= 15 is 0 Å². The van der Waals surface area contributed by atoms with Gasteiger partial charge in [-0.25, -0.2) is 4.99 Å². The summed E-state index contributed by atoms with van der Waals surface area (Å²) >= 11 is 0. The second-order valence-electron chi connectivity index (χ2n) is 7.97. The average molecular weight is 412 g/mol. The van der Waals surface area contributed by atoms with Gasteiger partial charge in [-0.1, -0.05) is 17.7 Å². The van der Waals surface area contributed by atoms with Gasteiger partial charge >= 0.3 is 0 Å². The second kappa shape index (κ2) is 10.7. The number of rotatable bonds is 7. The van der Waals surface area contributed by atoms with Gasteiger partial charge in [-0.05, 0) is 44.0 Å². The summed E-state index contributed by atoms with van der Waals surface area (Å²) in [7, 11) is 3.49. The molecule has 1 amide bonds. The molecule has 1 fully saturated rings. The molecule has 7 nitrogen and oxygen atoms in total. The fourth-order valence-electron chi connectivity index (χ4n) is 3.48. The summed E-state index contributed by atoms with van der Waals surface area (Å²) in [5, 5.41) is 6.89. The van der Waals surface area contributed by atoms with Crippen LogP contribution < -0.4 is 15.5 Å². The first kappa shape index (κ1) is 21.7. The Morgan fingerprint density at radius 3 is 2.77 bits per heavy atom. The molecular formula is C23H33N5O2. The van der Waals surface area contributed by atoms with Gasteiger partial charge in [-0.3, -0.25) is 4.79 Å². The lowest BCUT2D eigenvalue weighted by Crippen LogP contribution is -2.51. The smallest absolute Gasteiger partial charge is 0.243 e. The Labute approximate surface area is 179 Å². The molecule has 30 heavy (non-hydrogen) atoms. The number of nitrogens with zero attached hydrogens (tertiary/aromatic N) is 3. The maximum Gasteiger partial charge on any atom is 0.243 e. The van der Waals surface area contributed by atoms with E-state index < -0.39 is 0 Å². The van der Waals surface area contributed by atoms with Crippen LogP contribution in [0.4, 0.5) is 5.69 Å². The quantitative estimate of drug-likeness (QED) is 0.541. The molecule has 0 radical (unpaired) electrons. The number of carbonyl (C=O) groups is 1. The predicted octanol–water partition coefficient (Wildman–Crippen LogP) is 2.42. The van der Waals surface area contributed by atoms with Gasteiger partial charge in [0.2, 0.25) is 5.91 Å². The van der Waals surface area contributed by atoms with Crippen LogP contribution in [0, 0.1) is 6.92 Å². The number of benzene rings is 1. The molecule has 1 unspecified atom stereocenters. The van der Waals surface area contributed by atoms with Crippen LogP contribution in [0.2, 0.25) is 0 Å². The van der Waals surface area contributed by atoms with E-state index in [1.165, 1.54) is 11.3 Å². The van der Waals surface area contributed by atoms with Gasteiger partial charge in [0, 0.05) is 51.9 Å². The standard InChI is InChI=1S/C23H33N5O2/c1-18-8-10-20(11-9-18)28-14-4-6-19(17-28)26-23(25-16-22(29)27(2)3)24-13-12-21-7-5-15-30-21/h5,7-11,15,19H,4,6,12-14,16-17H2,1-3H3,(H2,24,25,26). The summed E-state index contributed by atoms with van der Waals surface area (Å²) < 4.78 is 5.40. The lowest BCUT2D eigenvalue weighted by atomic mass is 10.0. The van der Waals surface area contributed by atoms with E-state index in [1.807, 2.05) is 12.1 Å². The summed E-state index contributed by atoms with van der Waals surface area (Å²) in [5.74, 6) is 1.58. The van der Waals surface area contributed by atoms with Gasteiger partial charge in [-0.2, -0.15) is 0 Å². The molecule has 7 heteroatoms. The van der Waals surface area contributed by atoms with E-state index in [9.17, 15) is 4.79 Å². The molecule has 2 heterocycles. The molecular weight excluding hydrogens is 378 g/mol. The second-order valence-corrected chi connectivity index (χ2v) is 7.97. The Hall–Kier alpha value is -2.96. The highest BCUT2D eigenvalue weighted by Gasteiger charge is 2.21. The largest absolute Gasteiger partial charge is 0.469 e. The van der Waals surface area contributed by atoms with Gasteiger partial charge in [0.15, 0.2) is 5.96 Å². The van der Waals surface area contributed by atoms with Crippen LogP contribution >= 0.6 is 0 Å². The number of hydrogen-bond donors (Lipinski definition) is 2. The molecule has 0 saturated carbocycles. The number of amides is 1. The van der Waals surface area contributed by atoms with Crippen molar-refractivity contribution < 1.29 is 9.21 Å². The first-order valence-electron chi connectivity index (χ1n) is 10.6. The summed E-state index contributed by atoms with van der Waals surface area (Å²) in [6, 6.07) is 12.8. The average Bonchev–Trinajstić information content (AvgIpc) is 3.26. The Bertz CT molecular complexity index is 815. The third-order valence-corrected chi connectivity index (χ3v) is 5.28. The topological polar surface area (TPSA) is 73.1 Å². The number of hydrogen-bond acceptors (Lipinski definition) is 4. The van der Waals surface area contributed by atoms with Gasteiger partial charge < -0.3 is 24.9 Å². The monoisotopic (exact) mass is 411 g/mol. The Morgan fingerprint density at radius 1 is 1.27 bits per heavy atom. The summed E-state index contributed by atoms with van der Waals surface area (Å²) in [5.41, 5.74) is 2.52. The fraction of sp³-hybridized carbons (Fsp3) is 0.478. The van der Waals surface area contributed by atoms with Crippen molar-refractivity contribution in [3.05, 3.63) is 54.0 Å². The minimum Gasteiger partial charge on any atom is -0.469 e. The molecule has 1 aliphatic rings. The zero-order valence-corrected chi connectivity index (χ0v) is 18.2. The fourth-order valence-corrected chi connectivity index (χ4v) is 3.48. The van der Waals surface area contributed by atoms with Crippen molar-refractivity contribution in [2.75, 3.05) is 45.2 Å². The number of anilines is 1. The predicted molar refractivity (Wildman–Crippen MR) is 121 cm³/mol. The minimum absolute atomic E-state index is 0.0212. The number of furan rings is 1. The van der Waals surface area contributed by atoms with Crippen molar-refractivity contribution in [2.45, 2.75) is 32.2 Å². The summed E-state index contributed by atoms with van der Waals surface area (Å²) in [6.07, 6.45) is 4.63. The van der Waals surface area contributed by atoms with Crippen molar-refractivity contribution in [3.8, 4) is 0 Å². The highest BCUT2D eigenvalue weighted by Crippen LogP contribution is 2.20. The Kier molecular flexibility index (Phi) is 7.76. The van der Waals surface area contributed by atoms with Crippen molar-refractivity contribution in [3.63, 3.8) is 0 Å². The summed E-state index contributed by atoms with van der Waals surface area (Å²) in [6.45, 7) is 4.88. The zero-order chi connectivity index (χ0) is 21.3. The van der Waals surface area contributed by atoms with Crippen molar-refractivity contribution in [1.29, 1.82) is 0 Å². The Morgan fingerprint density at radius 2 is 2.07 bits per heavy atom. The lowest BCUT2D eigenvalue weighted by Gasteiger charge is -2.35. The SMILES string of the molecule is Cc1ccc(N2CCCC(NC(=NCC(=O)N(C)C)NCCc3ccco3)C2)cc1. The summed E-state index contributed by atoms with van der Waals surface area (Å²) in [4.78, 5) is 20.5. The maximum absolute atomic E-state index is 12.0. The third kappa shape index (κ3) is 6.54. The minimum atomic E-state index is -0.0212. The highest BCUT2D eigenvalue weighted by atomic mass is 16.3. The van der Waals surface area contributed by atoms with E-state index in [2.05, 4.69) is 51.7 Å². The maximum atomic E-state index is 12.0. The van der Waals surface area contributed by atoms with Gasteiger partial charge in [0.25, 0.3) is 0 Å². The van der Waals surface area contributed by atoms with Crippen LogP contribution in [-0.4, -0.2) is 63.1 Å². The van der Waals surface area contributed by atoms with E-state index in [0.717, 1.165) is 38.1 Å². The number of likely N-dealkylation sites (N-methyl/N-ethyl adjacent to an activating group) is 1. The van der Waals surface area contributed by atoms with E-state index in [0.29, 0.717) is 12.5 Å². The number of piperidine rings is 1. The van der Waals surface area contributed by atoms with Crippen LogP contribution in [0.5, 0.6) is 0 Å². The van der Waals surface area contributed by atoms with E-state index in [4.69, 9.17) is 4.42 Å². The van der Waals surface area contributed by atoms with Crippen molar-refractivity contribution in [2.24, 2.45) is 4.99 Å². The van der Waals surface area contributed by atoms with Gasteiger partial charge in [-0.15, -0.1) is 0 Å². The normalized spacial score (nSPS) is 17.0. The van der Waals surface area contributed by atoms with E-state index in [-0.39, 0.29) is 18.5 Å². The highest BCUT2D eigenvalue weighted by molar-refractivity contribution is 5.85. The number of aryl methyl sites for hydroxylation is 1. The van der Waals surface area contributed by atoms with Crippen LogP contribution in [0.1, 0.15) is 24.2 Å². The van der Waals surface area contributed by atoms with E-state index in [1.54, 1.807) is 25.3 Å². The molecule has 162 valence electrons. The van der Waals surface area contributed by atoms with Crippen molar-refractivity contribution in [1.82, 2.24) is 15.5 Å². The zero-order valence-electron chi connectivity index (χ0n) is 18.2. The molecule has 1 saturated heterocycles. The lowest BCUT2D eigenvalue weighted by molar-refractivity contribution is -0.127. The molecule has 1 aromatic heterocycles. The molecule has 1 aliphatic heterocycles. The third-order valence-electron chi connectivity index (χ3n) is 5.28. The van der Waals surface area contributed by atoms with Crippen LogP contribution in [0.25, 0.3) is 0 Å². The van der Waals surface area contributed by atoms with Crippen molar-refractivity contribution >= 4 is 17.6 Å². The number of carbonyl (C=O) groups excluding carboxylic acids is 1. The van der Waals surface area contributed by atoms with Crippen LogP contribution in [0.15, 0.2) is 52.1 Å². The molecule has 1 aromatic carbocycles.